The van der Waals surface area contributed by atoms with E-state index in [-0.39, 0.29) is 23.4 Å². The van der Waals surface area contributed by atoms with E-state index in [0.717, 1.165) is 11.6 Å². The van der Waals surface area contributed by atoms with Crippen LogP contribution in [0.15, 0.2) is 54.6 Å². The van der Waals surface area contributed by atoms with E-state index in [1.807, 2.05) is 30.3 Å². The number of hydrogen-bond donors (Lipinski definition) is 1. The molecular weight excluding hydrogens is 291 g/mol. The molecule has 0 radical (unpaired) electrons. The van der Waals surface area contributed by atoms with Gasteiger partial charge in [0.2, 0.25) is 5.91 Å². The van der Waals surface area contributed by atoms with E-state index in [1.165, 1.54) is 18.2 Å². The molecule has 2 aromatic carbocycles. The maximum absolute atomic E-state index is 12.9. The highest BCUT2D eigenvalue weighted by atomic mass is 19.4. The van der Waals surface area contributed by atoms with Crippen molar-refractivity contribution in [2.24, 2.45) is 5.92 Å². The zero-order chi connectivity index (χ0) is 15.7. The number of carbonyl (C=O) groups excluding carboxylic acids is 1. The van der Waals surface area contributed by atoms with E-state index in [9.17, 15) is 18.0 Å². The molecule has 5 heteroatoms. The van der Waals surface area contributed by atoms with E-state index < -0.39 is 11.7 Å². The normalized spacial score (nSPS) is 20.5. The molecule has 0 unspecified atom stereocenters. The number of amides is 1. The summed E-state index contributed by atoms with van der Waals surface area (Å²) in [7, 11) is 0. The molecule has 1 aliphatic carbocycles. The highest BCUT2D eigenvalue weighted by molar-refractivity contribution is 5.96. The van der Waals surface area contributed by atoms with Crippen molar-refractivity contribution in [3.63, 3.8) is 0 Å². The van der Waals surface area contributed by atoms with Crippen LogP contribution in [-0.4, -0.2) is 5.91 Å². The van der Waals surface area contributed by atoms with Crippen LogP contribution in [0.3, 0.4) is 0 Å². The van der Waals surface area contributed by atoms with Crippen LogP contribution in [0.4, 0.5) is 18.9 Å². The first kappa shape index (κ1) is 14.6. The molecule has 0 heterocycles. The van der Waals surface area contributed by atoms with Crippen LogP contribution < -0.4 is 5.32 Å². The second kappa shape index (κ2) is 5.48. The van der Waals surface area contributed by atoms with Crippen molar-refractivity contribution in [1.82, 2.24) is 0 Å². The summed E-state index contributed by atoms with van der Waals surface area (Å²) < 4.78 is 38.7. The summed E-state index contributed by atoms with van der Waals surface area (Å²) in [5, 5.41) is 2.42. The van der Waals surface area contributed by atoms with Crippen LogP contribution in [0.5, 0.6) is 0 Å². The number of benzene rings is 2. The van der Waals surface area contributed by atoms with Gasteiger partial charge < -0.3 is 5.32 Å². The Hall–Kier alpha value is -2.30. The zero-order valence-corrected chi connectivity index (χ0v) is 11.6. The lowest BCUT2D eigenvalue weighted by molar-refractivity contribution is -0.137. The lowest BCUT2D eigenvalue weighted by atomic mass is 10.1. The molecule has 2 atom stereocenters. The Morgan fingerprint density at radius 2 is 1.64 bits per heavy atom. The van der Waals surface area contributed by atoms with Crippen molar-refractivity contribution in [2.75, 3.05) is 5.32 Å². The van der Waals surface area contributed by atoms with Crippen molar-refractivity contribution < 1.29 is 18.0 Å². The molecule has 0 aromatic heterocycles. The van der Waals surface area contributed by atoms with Gasteiger partial charge in [0.05, 0.1) is 11.3 Å². The molecule has 2 nitrogen and oxygen atoms in total. The summed E-state index contributed by atoms with van der Waals surface area (Å²) >= 11 is 0. The Morgan fingerprint density at radius 3 is 2.32 bits per heavy atom. The number of alkyl halides is 3. The Bertz CT molecular complexity index is 682. The molecule has 1 saturated carbocycles. The number of para-hydroxylation sites is 1. The molecule has 1 fully saturated rings. The van der Waals surface area contributed by atoms with Gasteiger partial charge in [0, 0.05) is 5.92 Å². The molecule has 0 bridgehead atoms. The first-order valence-electron chi connectivity index (χ1n) is 6.99. The highest BCUT2D eigenvalue weighted by Gasteiger charge is 2.44. The lowest BCUT2D eigenvalue weighted by Crippen LogP contribution is -2.18. The molecule has 114 valence electrons. The number of hydrogen-bond acceptors (Lipinski definition) is 1. The Labute approximate surface area is 126 Å². The fraction of sp³-hybridized carbons (Fsp3) is 0.235. The van der Waals surface area contributed by atoms with Gasteiger partial charge in [-0.2, -0.15) is 13.2 Å². The molecule has 2 aromatic rings. The van der Waals surface area contributed by atoms with Crippen molar-refractivity contribution in [3.8, 4) is 0 Å². The van der Waals surface area contributed by atoms with Crippen molar-refractivity contribution in [3.05, 3.63) is 65.7 Å². The van der Waals surface area contributed by atoms with Gasteiger partial charge in [-0.3, -0.25) is 4.79 Å². The van der Waals surface area contributed by atoms with Crippen LogP contribution in [0.2, 0.25) is 0 Å². The molecular formula is C17H14F3NO. The molecule has 0 spiro atoms. The number of nitrogens with one attached hydrogen (secondary N) is 1. The maximum atomic E-state index is 12.9. The largest absolute Gasteiger partial charge is 0.418 e. The summed E-state index contributed by atoms with van der Waals surface area (Å²) in [5.41, 5.74) is 0.0470. The summed E-state index contributed by atoms with van der Waals surface area (Å²) in [6.45, 7) is 0. The standard InChI is InChI=1S/C17H14F3NO/c18-17(19,20)14-8-4-5-9-15(14)21-16(22)13-10-12(13)11-6-2-1-3-7-11/h1-9,12-13H,10H2,(H,21,22)/t12-,13+/m1/s1. The third kappa shape index (κ3) is 2.98. The smallest absolute Gasteiger partial charge is 0.325 e. The summed E-state index contributed by atoms with van der Waals surface area (Å²) in [6, 6.07) is 14.6. The van der Waals surface area contributed by atoms with Crippen LogP contribution in [0.1, 0.15) is 23.5 Å². The monoisotopic (exact) mass is 305 g/mol. The summed E-state index contributed by atoms with van der Waals surface area (Å²) in [5.74, 6) is -0.520. The predicted molar refractivity (Wildman–Crippen MR) is 77.4 cm³/mol. The molecule has 22 heavy (non-hydrogen) atoms. The van der Waals surface area contributed by atoms with Gasteiger partial charge in [0.25, 0.3) is 0 Å². The number of carbonyl (C=O) groups is 1. The topological polar surface area (TPSA) is 29.1 Å². The molecule has 1 amide bonds. The first-order chi connectivity index (χ1) is 10.5. The van der Waals surface area contributed by atoms with Crippen molar-refractivity contribution in [1.29, 1.82) is 0 Å². The third-order valence-electron chi connectivity index (χ3n) is 3.85. The number of rotatable bonds is 3. The van der Waals surface area contributed by atoms with E-state index >= 15 is 0 Å². The minimum absolute atomic E-state index is 0.0965. The average Bonchev–Trinajstić information content (AvgIpc) is 3.28. The van der Waals surface area contributed by atoms with Gasteiger partial charge in [0.1, 0.15) is 0 Å². The Balaban J connectivity index is 1.72. The maximum Gasteiger partial charge on any atom is 0.418 e. The van der Waals surface area contributed by atoms with Crippen molar-refractivity contribution in [2.45, 2.75) is 18.5 Å². The van der Waals surface area contributed by atoms with Gasteiger partial charge in [0.15, 0.2) is 0 Å². The quantitative estimate of drug-likeness (QED) is 0.892. The van der Waals surface area contributed by atoms with Gasteiger partial charge in [-0.1, -0.05) is 42.5 Å². The van der Waals surface area contributed by atoms with Crippen LogP contribution in [0, 0.1) is 5.92 Å². The highest BCUT2D eigenvalue weighted by Crippen LogP contribution is 2.48. The molecule has 0 saturated heterocycles. The second-order valence-electron chi connectivity index (χ2n) is 5.39. The van der Waals surface area contributed by atoms with E-state index in [0.29, 0.717) is 6.42 Å². The third-order valence-corrected chi connectivity index (χ3v) is 3.85. The average molecular weight is 305 g/mol. The van der Waals surface area contributed by atoms with Gasteiger partial charge in [-0.05, 0) is 30.0 Å². The Morgan fingerprint density at radius 1 is 1.00 bits per heavy atom. The predicted octanol–water partition coefficient (Wildman–Crippen LogP) is 4.45. The number of halogens is 3. The minimum Gasteiger partial charge on any atom is -0.325 e. The summed E-state index contributed by atoms with van der Waals surface area (Å²) in [6.07, 6.45) is -3.81. The minimum atomic E-state index is -4.48. The molecule has 0 aliphatic heterocycles. The second-order valence-corrected chi connectivity index (χ2v) is 5.39. The summed E-state index contributed by atoms with van der Waals surface area (Å²) in [4.78, 5) is 12.2. The van der Waals surface area contributed by atoms with E-state index in [1.54, 1.807) is 0 Å². The van der Waals surface area contributed by atoms with E-state index in [4.69, 9.17) is 0 Å². The van der Waals surface area contributed by atoms with E-state index in [2.05, 4.69) is 5.32 Å². The van der Waals surface area contributed by atoms with Crippen molar-refractivity contribution >= 4 is 11.6 Å². The van der Waals surface area contributed by atoms with Gasteiger partial charge in [-0.15, -0.1) is 0 Å². The van der Waals surface area contributed by atoms with Crippen LogP contribution in [0.25, 0.3) is 0 Å². The first-order valence-corrected chi connectivity index (χ1v) is 6.99. The van der Waals surface area contributed by atoms with Gasteiger partial charge in [-0.25, -0.2) is 0 Å². The zero-order valence-electron chi connectivity index (χ0n) is 11.6. The number of anilines is 1. The van der Waals surface area contributed by atoms with Gasteiger partial charge >= 0.3 is 6.18 Å². The van der Waals surface area contributed by atoms with Crippen LogP contribution >= 0.6 is 0 Å². The fourth-order valence-electron chi connectivity index (χ4n) is 2.62. The molecule has 3 rings (SSSR count). The molecule has 1 aliphatic rings. The fourth-order valence-corrected chi connectivity index (χ4v) is 2.62. The Kier molecular flexibility index (Phi) is 3.64. The van der Waals surface area contributed by atoms with Crippen LogP contribution in [-0.2, 0) is 11.0 Å². The molecule has 1 N–H and O–H groups in total. The lowest BCUT2D eigenvalue weighted by Gasteiger charge is -2.13. The SMILES string of the molecule is O=C(Nc1ccccc1C(F)(F)F)[C@H]1C[C@@H]1c1ccccc1.